The number of rotatable bonds is 4. The number of piperazine rings is 1. The number of nitrogens with two attached hydrogens (primary N) is 1. The summed E-state index contributed by atoms with van der Waals surface area (Å²) in [5, 5.41) is 2.82. The van der Waals surface area contributed by atoms with Crippen molar-refractivity contribution >= 4 is 23.0 Å². The maximum absolute atomic E-state index is 13.1. The lowest BCUT2D eigenvalue weighted by atomic mass is 10.2. The van der Waals surface area contributed by atoms with Crippen LogP contribution in [0.1, 0.15) is 5.69 Å². The van der Waals surface area contributed by atoms with Crippen LogP contribution in [0.3, 0.4) is 0 Å². The zero-order chi connectivity index (χ0) is 18.6. The Hall–Kier alpha value is -2.87. The third kappa shape index (κ3) is 4.11. The zero-order valence-corrected chi connectivity index (χ0v) is 15.5. The predicted octanol–water partition coefficient (Wildman–Crippen LogP) is 3.18. The van der Waals surface area contributed by atoms with E-state index in [2.05, 4.69) is 19.8 Å². The SMILES string of the molecule is NC(=NCc1csc(-c2ccco2)n1)N1CCN(c2ccc(F)cc2)CC1. The first-order valence-electron chi connectivity index (χ1n) is 8.73. The van der Waals surface area contributed by atoms with Gasteiger partial charge in [0.1, 0.15) is 5.82 Å². The van der Waals surface area contributed by atoms with Crippen LogP contribution in [0.5, 0.6) is 0 Å². The highest BCUT2D eigenvalue weighted by molar-refractivity contribution is 7.13. The Labute approximate surface area is 160 Å². The minimum absolute atomic E-state index is 0.217. The molecular weight excluding hydrogens is 365 g/mol. The molecular formula is C19H20FN5OS. The van der Waals surface area contributed by atoms with Gasteiger partial charge in [-0.2, -0.15) is 0 Å². The lowest BCUT2D eigenvalue weighted by Gasteiger charge is -2.36. The van der Waals surface area contributed by atoms with E-state index in [0.717, 1.165) is 48.3 Å². The lowest BCUT2D eigenvalue weighted by Crippen LogP contribution is -2.51. The summed E-state index contributed by atoms with van der Waals surface area (Å²) in [6, 6.07) is 10.3. The second-order valence-electron chi connectivity index (χ2n) is 6.25. The Balaban J connectivity index is 1.32. The smallest absolute Gasteiger partial charge is 0.191 e. The van der Waals surface area contributed by atoms with E-state index in [-0.39, 0.29) is 5.82 Å². The summed E-state index contributed by atoms with van der Waals surface area (Å²) in [6.07, 6.45) is 1.64. The minimum Gasteiger partial charge on any atom is -0.462 e. The second-order valence-corrected chi connectivity index (χ2v) is 7.10. The molecule has 0 aliphatic carbocycles. The molecule has 0 saturated carbocycles. The van der Waals surface area contributed by atoms with E-state index in [0.29, 0.717) is 12.5 Å². The van der Waals surface area contributed by atoms with E-state index >= 15 is 0 Å². The molecule has 0 atom stereocenters. The Bertz CT molecular complexity index is 899. The molecule has 0 bridgehead atoms. The topological polar surface area (TPSA) is 70.9 Å². The van der Waals surface area contributed by atoms with Gasteiger partial charge in [-0.3, -0.25) is 0 Å². The van der Waals surface area contributed by atoms with Gasteiger partial charge in [0, 0.05) is 37.2 Å². The molecule has 6 nitrogen and oxygen atoms in total. The fourth-order valence-electron chi connectivity index (χ4n) is 3.00. The van der Waals surface area contributed by atoms with E-state index in [4.69, 9.17) is 10.2 Å². The highest BCUT2D eigenvalue weighted by Gasteiger charge is 2.18. The van der Waals surface area contributed by atoms with Crippen LogP contribution in [-0.2, 0) is 6.54 Å². The summed E-state index contributed by atoms with van der Waals surface area (Å²) in [4.78, 5) is 13.3. The van der Waals surface area contributed by atoms with Gasteiger partial charge in [-0.25, -0.2) is 14.4 Å². The van der Waals surface area contributed by atoms with Crippen molar-refractivity contribution in [2.24, 2.45) is 10.7 Å². The molecule has 140 valence electrons. The normalized spacial score (nSPS) is 15.4. The number of anilines is 1. The van der Waals surface area contributed by atoms with Crippen LogP contribution in [0.25, 0.3) is 10.8 Å². The van der Waals surface area contributed by atoms with Gasteiger partial charge >= 0.3 is 0 Å². The summed E-state index contributed by atoms with van der Waals surface area (Å²) in [6.45, 7) is 3.65. The van der Waals surface area contributed by atoms with Gasteiger partial charge in [0.2, 0.25) is 0 Å². The van der Waals surface area contributed by atoms with Crippen LogP contribution in [0.2, 0.25) is 0 Å². The first kappa shape index (κ1) is 17.5. The van der Waals surface area contributed by atoms with E-state index < -0.39 is 0 Å². The molecule has 1 aliphatic heterocycles. The van der Waals surface area contributed by atoms with Crippen molar-refractivity contribution in [1.82, 2.24) is 9.88 Å². The molecule has 8 heteroatoms. The van der Waals surface area contributed by atoms with Gasteiger partial charge in [-0.05, 0) is 36.4 Å². The molecule has 0 radical (unpaired) electrons. The van der Waals surface area contributed by atoms with E-state index in [1.807, 2.05) is 17.5 Å². The first-order chi connectivity index (χ1) is 13.2. The molecule has 2 aromatic heterocycles. The molecule has 3 aromatic rings. The largest absolute Gasteiger partial charge is 0.462 e. The molecule has 0 unspecified atom stereocenters. The van der Waals surface area contributed by atoms with Crippen LogP contribution in [0, 0.1) is 5.82 Å². The lowest BCUT2D eigenvalue weighted by molar-refractivity contribution is 0.380. The van der Waals surface area contributed by atoms with E-state index in [1.54, 1.807) is 18.4 Å². The number of aliphatic imine (C=N–C) groups is 1. The Morgan fingerprint density at radius 2 is 1.96 bits per heavy atom. The Morgan fingerprint density at radius 1 is 1.19 bits per heavy atom. The molecule has 27 heavy (non-hydrogen) atoms. The third-order valence-electron chi connectivity index (χ3n) is 4.48. The maximum atomic E-state index is 13.1. The van der Waals surface area contributed by atoms with Crippen molar-refractivity contribution in [2.45, 2.75) is 6.54 Å². The average molecular weight is 385 g/mol. The van der Waals surface area contributed by atoms with Crippen molar-refractivity contribution in [2.75, 3.05) is 31.1 Å². The number of thiazole rings is 1. The number of hydrogen-bond donors (Lipinski definition) is 1. The Kier molecular flexibility index (Phi) is 5.06. The van der Waals surface area contributed by atoms with Gasteiger partial charge in [0.05, 0.1) is 18.5 Å². The summed E-state index contributed by atoms with van der Waals surface area (Å²) in [5.74, 6) is 1.08. The number of benzene rings is 1. The van der Waals surface area contributed by atoms with Crippen LogP contribution in [-0.4, -0.2) is 42.0 Å². The number of furan rings is 1. The van der Waals surface area contributed by atoms with Crippen LogP contribution in [0.15, 0.2) is 57.5 Å². The second kappa shape index (κ2) is 7.79. The molecule has 1 aliphatic rings. The molecule has 0 amide bonds. The van der Waals surface area contributed by atoms with Gasteiger partial charge in [0.25, 0.3) is 0 Å². The fraction of sp³-hybridized carbons (Fsp3) is 0.263. The van der Waals surface area contributed by atoms with Gasteiger partial charge in [0.15, 0.2) is 16.7 Å². The standard InChI is InChI=1S/C19H20FN5OS/c20-14-3-5-16(6-4-14)24-7-9-25(10-8-24)19(21)22-12-15-13-27-18(23-15)17-2-1-11-26-17/h1-6,11,13H,7-10,12H2,(H2,21,22). The minimum atomic E-state index is -0.217. The molecule has 0 spiro atoms. The molecule has 4 rings (SSSR count). The van der Waals surface area contributed by atoms with Crippen molar-refractivity contribution in [3.05, 3.63) is 59.6 Å². The number of hydrogen-bond acceptors (Lipinski definition) is 5. The van der Waals surface area contributed by atoms with Crippen molar-refractivity contribution in [3.8, 4) is 10.8 Å². The number of halogens is 1. The molecule has 1 fully saturated rings. The number of nitrogens with zero attached hydrogens (tertiary/aromatic N) is 4. The van der Waals surface area contributed by atoms with Crippen molar-refractivity contribution < 1.29 is 8.81 Å². The molecule has 1 saturated heterocycles. The summed E-state index contributed by atoms with van der Waals surface area (Å²) in [7, 11) is 0. The van der Waals surface area contributed by atoms with Crippen LogP contribution in [0.4, 0.5) is 10.1 Å². The van der Waals surface area contributed by atoms with Crippen molar-refractivity contribution in [3.63, 3.8) is 0 Å². The monoisotopic (exact) mass is 385 g/mol. The van der Waals surface area contributed by atoms with Crippen molar-refractivity contribution in [1.29, 1.82) is 0 Å². The maximum Gasteiger partial charge on any atom is 0.191 e. The van der Waals surface area contributed by atoms with Gasteiger partial charge < -0.3 is 20.0 Å². The number of aromatic nitrogens is 1. The molecule has 1 aromatic carbocycles. The zero-order valence-electron chi connectivity index (χ0n) is 14.7. The van der Waals surface area contributed by atoms with E-state index in [9.17, 15) is 4.39 Å². The van der Waals surface area contributed by atoms with Gasteiger partial charge in [-0.15, -0.1) is 11.3 Å². The Morgan fingerprint density at radius 3 is 2.67 bits per heavy atom. The van der Waals surface area contributed by atoms with Crippen LogP contribution >= 0.6 is 11.3 Å². The van der Waals surface area contributed by atoms with E-state index in [1.165, 1.54) is 23.5 Å². The summed E-state index contributed by atoms with van der Waals surface area (Å²) < 4.78 is 18.4. The third-order valence-corrected chi connectivity index (χ3v) is 5.39. The molecule has 2 N–H and O–H groups in total. The van der Waals surface area contributed by atoms with Gasteiger partial charge in [-0.1, -0.05) is 0 Å². The number of guanidine groups is 1. The quantitative estimate of drug-likeness (QED) is 0.552. The first-order valence-corrected chi connectivity index (χ1v) is 9.61. The average Bonchev–Trinajstić information content (AvgIpc) is 3.38. The molecule has 3 heterocycles. The summed E-state index contributed by atoms with van der Waals surface area (Å²) in [5.41, 5.74) is 8.07. The highest BCUT2D eigenvalue weighted by atomic mass is 32.1. The summed E-state index contributed by atoms with van der Waals surface area (Å²) >= 11 is 1.53. The van der Waals surface area contributed by atoms with Crippen LogP contribution < -0.4 is 10.6 Å². The predicted molar refractivity (Wildman–Crippen MR) is 105 cm³/mol. The fourth-order valence-corrected chi connectivity index (χ4v) is 3.78. The highest BCUT2D eigenvalue weighted by Crippen LogP contribution is 2.24.